The molecule has 202 valence electrons. The molecule has 1 aromatic heterocycles. The number of nitrogens with one attached hydrogen (secondary N) is 1. The molecule has 0 saturated carbocycles. The third-order valence-electron chi connectivity index (χ3n) is 6.67. The quantitative estimate of drug-likeness (QED) is 0.315. The maximum atomic E-state index is 12.9. The van der Waals surface area contributed by atoms with Gasteiger partial charge < -0.3 is 18.9 Å². The molecule has 0 radical (unpaired) electrons. The van der Waals surface area contributed by atoms with Gasteiger partial charge in [-0.25, -0.2) is 4.79 Å². The van der Waals surface area contributed by atoms with Crippen LogP contribution in [-0.4, -0.2) is 34.5 Å². The summed E-state index contributed by atoms with van der Waals surface area (Å²) in [4.78, 5) is 27.3. The molecule has 1 fully saturated rings. The van der Waals surface area contributed by atoms with Gasteiger partial charge >= 0.3 is 5.69 Å². The zero-order valence-electron chi connectivity index (χ0n) is 21.8. The first-order valence-electron chi connectivity index (χ1n) is 13.0. The molecule has 1 aliphatic rings. The second-order valence-electron chi connectivity index (χ2n) is 9.57. The molecular formula is C31H32N2O6. The van der Waals surface area contributed by atoms with Gasteiger partial charge in [0.25, 0.3) is 5.56 Å². The summed E-state index contributed by atoms with van der Waals surface area (Å²) in [6, 6.07) is 29.5. The molecule has 0 spiro atoms. The number of hydrogen-bond donors (Lipinski definition) is 1. The van der Waals surface area contributed by atoms with Crippen molar-refractivity contribution in [2.24, 2.45) is 0 Å². The fourth-order valence-corrected chi connectivity index (χ4v) is 4.62. The molecule has 5 rings (SSSR count). The topological polar surface area (TPSA) is 91.8 Å². The van der Waals surface area contributed by atoms with Crippen molar-refractivity contribution in [1.29, 1.82) is 0 Å². The van der Waals surface area contributed by atoms with Crippen molar-refractivity contribution in [3.8, 4) is 0 Å². The molecule has 0 unspecified atom stereocenters. The fraction of sp³-hybridized carbons (Fsp3) is 0.290. The van der Waals surface area contributed by atoms with E-state index < -0.39 is 35.8 Å². The van der Waals surface area contributed by atoms with Gasteiger partial charge in [0.15, 0.2) is 6.23 Å². The highest BCUT2D eigenvalue weighted by Gasteiger charge is 2.48. The number of aromatic nitrogens is 2. The first-order valence-corrected chi connectivity index (χ1v) is 13.0. The lowest BCUT2D eigenvalue weighted by Crippen LogP contribution is -2.41. The van der Waals surface area contributed by atoms with Gasteiger partial charge in [0.2, 0.25) is 0 Å². The lowest BCUT2D eigenvalue weighted by molar-refractivity contribution is -0.0921. The molecule has 1 aliphatic heterocycles. The predicted molar refractivity (Wildman–Crippen MR) is 146 cm³/mol. The predicted octanol–water partition coefficient (Wildman–Crippen LogP) is 4.13. The lowest BCUT2D eigenvalue weighted by atomic mass is 10.1. The van der Waals surface area contributed by atoms with Gasteiger partial charge in [-0.2, -0.15) is 0 Å². The largest absolute Gasteiger partial charge is 0.374 e. The Morgan fingerprint density at radius 3 is 1.82 bits per heavy atom. The lowest BCUT2D eigenvalue weighted by Gasteiger charge is -2.25. The summed E-state index contributed by atoms with van der Waals surface area (Å²) >= 11 is 0. The van der Waals surface area contributed by atoms with E-state index in [9.17, 15) is 9.59 Å². The van der Waals surface area contributed by atoms with Crippen LogP contribution in [0, 0.1) is 6.92 Å². The van der Waals surface area contributed by atoms with E-state index in [2.05, 4.69) is 4.98 Å². The van der Waals surface area contributed by atoms with Gasteiger partial charge in [0, 0.05) is 11.8 Å². The number of H-pyrrole nitrogens is 1. The molecular weight excluding hydrogens is 496 g/mol. The Hall–Kier alpha value is -3.82. The van der Waals surface area contributed by atoms with Gasteiger partial charge in [-0.1, -0.05) is 91.0 Å². The SMILES string of the molecule is Cc1cn([C@H]2O[C@H](COCc3ccccc3)[C@H](OCc3ccccc3)[C@H]2OCc2ccccc2)c(=O)[nH]c1=O. The molecule has 1 saturated heterocycles. The Morgan fingerprint density at radius 1 is 0.744 bits per heavy atom. The minimum Gasteiger partial charge on any atom is -0.374 e. The van der Waals surface area contributed by atoms with Crippen LogP contribution < -0.4 is 11.2 Å². The van der Waals surface area contributed by atoms with Crippen LogP contribution in [0.4, 0.5) is 0 Å². The molecule has 4 aromatic rings. The fourth-order valence-electron chi connectivity index (χ4n) is 4.62. The maximum absolute atomic E-state index is 12.9. The van der Waals surface area contributed by atoms with E-state index in [0.717, 1.165) is 16.7 Å². The Bertz CT molecular complexity index is 1440. The van der Waals surface area contributed by atoms with Crippen LogP contribution in [0.25, 0.3) is 0 Å². The number of hydrogen-bond acceptors (Lipinski definition) is 6. The molecule has 1 N–H and O–H groups in total. The minimum absolute atomic E-state index is 0.229. The van der Waals surface area contributed by atoms with Crippen LogP contribution in [0.5, 0.6) is 0 Å². The molecule has 8 heteroatoms. The van der Waals surface area contributed by atoms with E-state index >= 15 is 0 Å². The van der Waals surface area contributed by atoms with Gasteiger partial charge in [0.1, 0.15) is 18.3 Å². The van der Waals surface area contributed by atoms with Crippen molar-refractivity contribution in [2.45, 2.75) is 51.3 Å². The minimum atomic E-state index is -0.831. The van der Waals surface area contributed by atoms with Gasteiger partial charge in [-0.05, 0) is 23.6 Å². The smallest absolute Gasteiger partial charge is 0.330 e. The molecule has 0 aliphatic carbocycles. The number of rotatable bonds is 11. The van der Waals surface area contributed by atoms with Crippen LogP contribution in [0.2, 0.25) is 0 Å². The second kappa shape index (κ2) is 12.8. The summed E-state index contributed by atoms with van der Waals surface area (Å²) in [5.41, 5.74) is 2.41. The van der Waals surface area contributed by atoms with Crippen LogP contribution in [-0.2, 0) is 38.8 Å². The highest BCUT2D eigenvalue weighted by Crippen LogP contribution is 2.34. The Morgan fingerprint density at radius 2 is 1.26 bits per heavy atom. The van der Waals surface area contributed by atoms with Crippen molar-refractivity contribution >= 4 is 0 Å². The van der Waals surface area contributed by atoms with Gasteiger partial charge in [-0.3, -0.25) is 14.3 Å². The average molecular weight is 529 g/mol. The molecule has 39 heavy (non-hydrogen) atoms. The summed E-state index contributed by atoms with van der Waals surface area (Å²) in [6.07, 6.45) is -1.05. The van der Waals surface area contributed by atoms with Gasteiger partial charge in [0.05, 0.1) is 26.4 Å². The molecule has 8 nitrogen and oxygen atoms in total. The summed E-state index contributed by atoms with van der Waals surface area (Å²) < 4.78 is 26.7. The summed E-state index contributed by atoms with van der Waals surface area (Å²) in [6.45, 7) is 2.91. The number of ether oxygens (including phenoxy) is 4. The van der Waals surface area contributed by atoms with Crippen LogP contribution in [0.3, 0.4) is 0 Å². The van der Waals surface area contributed by atoms with Crippen molar-refractivity contribution in [1.82, 2.24) is 9.55 Å². The maximum Gasteiger partial charge on any atom is 0.330 e. The first kappa shape index (κ1) is 26.8. The number of aryl methyl sites for hydroxylation is 1. The summed E-state index contributed by atoms with van der Waals surface area (Å²) in [7, 11) is 0. The monoisotopic (exact) mass is 528 g/mol. The third kappa shape index (κ3) is 6.79. The summed E-state index contributed by atoms with van der Waals surface area (Å²) in [5.74, 6) is 0. The number of benzene rings is 3. The highest BCUT2D eigenvalue weighted by molar-refractivity contribution is 5.15. The van der Waals surface area contributed by atoms with Crippen molar-refractivity contribution < 1.29 is 18.9 Å². The second-order valence-corrected chi connectivity index (χ2v) is 9.57. The average Bonchev–Trinajstić information content (AvgIpc) is 3.31. The van der Waals surface area contributed by atoms with E-state index in [1.807, 2.05) is 91.0 Å². The molecule has 2 heterocycles. The van der Waals surface area contributed by atoms with E-state index in [0.29, 0.717) is 25.4 Å². The first-order chi connectivity index (χ1) is 19.1. The molecule has 3 aromatic carbocycles. The summed E-state index contributed by atoms with van der Waals surface area (Å²) in [5, 5.41) is 0. The van der Waals surface area contributed by atoms with Crippen molar-refractivity contribution in [2.75, 3.05) is 6.61 Å². The third-order valence-corrected chi connectivity index (χ3v) is 6.67. The van der Waals surface area contributed by atoms with Crippen LogP contribution in [0.15, 0.2) is 107 Å². The highest BCUT2D eigenvalue weighted by atomic mass is 16.6. The van der Waals surface area contributed by atoms with Crippen LogP contribution >= 0.6 is 0 Å². The molecule has 0 bridgehead atoms. The van der Waals surface area contributed by atoms with E-state index in [1.165, 1.54) is 10.8 Å². The van der Waals surface area contributed by atoms with Crippen molar-refractivity contribution in [3.63, 3.8) is 0 Å². The number of aromatic amines is 1. The van der Waals surface area contributed by atoms with Crippen LogP contribution in [0.1, 0.15) is 28.5 Å². The normalized spacial score (nSPS) is 20.7. The zero-order chi connectivity index (χ0) is 27.0. The molecule has 4 atom stereocenters. The molecule has 0 amide bonds. The Labute approximate surface area is 226 Å². The van der Waals surface area contributed by atoms with E-state index in [4.69, 9.17) is 18.9 Å². The van der Waals surface area contributed by atoms with Gasteiger partial charge in [-0.15, -0.1) is 0 Å². The van der Waals surface area contributed by atoms with E-state index in [1.54, 1.807) is 6.92 Å². The van der Waals surface area contributed by atoms with E-state index in [-0.39, 0.29) is 6.61 Å². The Kier molecular flexibility index (Phi) is 8.80. The Balaban J connectivity index is 1.43. The zero-order valence-corrected chi connectivity index (χ0v) is 21.8. The number of nitrogens with zero attached hydrogens (tertiary/aromatic N) is 1. The van der Waals surface area contributed by atoms with Crippen molar-refractivity contribution in [3.05, 3.63) is 140 Å². The standard InChI is InChI=1S/C31H32N2O6/c1-22-17-33(31(35)32-29(22)34)30-28(38-20-25-15-9-4-10-16-25)27(37-19-24-13-7-3-8-14-24)26(39-30)21-36-18-23-11-5-2-6-12-23/h2-17,26-28,30H,18-21H2,1H3,(H,32,34,35)/t26-,27+,28-,30+/m1/s1.